The SMILES string of the molecule is CC=C(C)OC1CCN(C)CC1. The summed E-state index contributed by atoms with van der Waals surface area (Å²) >= 11 is 0. The summed E-state index contributed by atoms with van der Waals surface area (Å²) in [4.78, 5) is 2.35. The van der Waals surface area contributed by atoms with E-state index < -0.39 is 0 Å². The Morgan fingerprint density at radius 1 is 1.42 bits per heavy atom. The smallest absolute Gasteiger partial charge is 0.101 e. The average molecular weight is 169 g/mol. The summed E-state index contributed by atoms with van der Waals surface area (Å²) in [6.45, 7) is 6.38. The van der Waals surface area contributed by atoms with Gasteiger partial charge in [0, 0.05) is 13.1 Å². The number of nitrogens with zero attached hydrogens (tertiary/aromatic N) is 1. The molecule has 0 spiro atoms. The highest BCUT2D eigenvalue weighted by Crippen LogP contribution is 2.14. The highest BCUT2D eigenvalue weighted by atomic mass is 16.5. The number of rotatable bonds is 2. The highest BCUT2D eigenvalue weighted by molar-refractivity contribution is 4.86. The molecule has 0 radical (unpaired) electrons. The maximum Gasteiger partial charge on any atom is 0.101 e. The van der Waals surface area contributed by atoms with Crippen LogP contribution in [0.15, 0.2) is 11.8 Å². The molecule has 2 heteroatoms. The van der Waals surface area contributed by atoms with Gasteiger partial charge in [-0.2, -0.15) is 0 Å². The summed E-state index contributed by atoms with van der Waals surface area (Å²) in [7, 11) is 2.17. The first kappa shape index (κ1) is 9.59. The van der Waals surface area contributed by atoms with Crippen molar-refractivity contribution in [2.45, 2.75) is 32.8 Å². The molecule has 1 rings (SSSR count). The van der Waals surface area contributed by atoms with Gasteiger partial charge in [0.2, 0.25) is 0 Å². The van der Waals surface area contributed by atoms with Crippen molar-refractivity contribution in [3.05, 3.63) is 11.8 Å². The molecular weight excluding hydrogens is 150 g/mol. The second kappa shape index (κ2) is 4.51. The molecule has 2 nitrogen and oxygen atoms in total. The topological polar surface area (TPSA) is 12.5 Å². The summed E-state index contributed by atoms with van der Waals surface area (Å²) in [6, 6.07) is 0. The Morgan fingerprint density at radius 2 is 2.00 bits per heavy atom. The molecule has 0 bridgehead atoms. The lowest BCUT2D eigenvalue weighted by Gasteiger charge is -2.29. The van der Waals surface area contributed by atoms with Crippen molar-refractivity contribution in [3.8, 4) is 0 Å². The van der Waals surface area contributed by atoms with Crippen molar-refractivity contribution in [2.75, 3.05) is 20.1 Å². The number of hydrogen-bond donors (Lipinski definition) is 0. The quantitative estimate of drug-likeness (QED) is 0.586. The van der Waals surface area contributed by atoms with Crippen LogP contribution in [0.3, 0.4) is 0 Å². The fourth-order valence-electron chi connectivity index (χ4n) is 1.43. The monoisotopic (exact) mass is 169 g/mol. The van der Waals surface area contributed by atoms with Crippen LogP contribution in [-0.2, 0) is 4.74 Å². The first-order chi connectivity index (χ1) is 5.72. The maximum absolute atomic E-state index is 5.72. The molecule has 1 saturated heterocycles. The number of ether oxygens (including phenoxy) is 1. The fraction of sp³-hybridized carbons (Fsp3) is 0.800. The van der Waals surface area contributed by atoms with Gasteiger partial charge in [-0.15, -0.1) is 0 Å². The summed E-state index contributed by atoms with van der Waals surface area (Å²) in [5, 5.41) is 0. The highest BCUT2D eigenvalue weighted by Gasteiger charge is 2.17. The van der Waals surface area contributed by atoms with Gasteiger partial charge in [0.05, 0.1) is 5.76 Å². The normalized spacial score (nSPS) is 22.8. The van der Waals surface area contributed by atoms with Crippen molar-refractivity contribution in [3.63, 3.8) is 0 Å². The van der Waals surface area contributed by atoms with E-state index in [-0.39, 0.29) is 0 Å². The molecule has 1 aliphatic heterocycles. The molecule has 0 N–H and O–H groups in total. The number of hydrogen-bond acceptors (Lipinski definition) is 2. The van der Waals surface area contributed by atoms with E-state index in [4.69, 9.17) is 4.74 Å². The molecule has 0 aliphatic carbocycles. The van der Waals surface area contributed by atoms with Crippen molar-refractivity contribution in [1.82, 2.24) is 4.90 Å². The van der Waals surface area contributed by atoms with E-state index in [1.807, 2.05) is 19.9 Å². The molecule has 0 atom stereocenters. The molecular formula is C10H19NO. The fourth-order valence-corrected chi connectivity index (χ4v) is 1.43. The summed E-state index contributed by atoms with van der Waals surface area (Å²) in [5.74, 6) is 1.06. The Balaban J connectivity index is 2.26. The van der Waals surface area contributed by atoms with Crippen molar-refractivity contribution in [1.29, 1.82) is 0 Å². The van der Waals surface area contributed by atoms with E-state index in [1.165, 1.54) is 25.9 Å². The van der Waals surface area contributed by atoms with Gasteiger partial charge in [-0.05, 0) is 39.8 Å². The lowest BCUT2D eigenvalue weighted by molar-refractivity contribution is 0.0588. The molecule has 0 unspecified atom stereocenters. The lowest BCUT2D eigenvalue weighted by atomic mass is 10.1. The minimum absolute atomic E-state index is 0.456. The van der Waals surface area contributed by atoms with E-state index >= 15 is 0 Å². The zero-order chi connectivity index (χ0) is 8.97. The minimum Gasteiger partial charge on any atom is -0.495 e. The van der Waals surface area contributed by atoms with Crippen LogP contribution in [0.1, 0.15) is 26.7 Å². The largest absolute Gasteiger partial charge is 0.495 e. The zero-order valence-electron chi connectivity index (χ0n) is 8.34. The molecule has 70 valence electrons. The molecule has 0 aromatic carbocycles. The van der Waals surface area contributed by atoms with Crippen LogP contribution in [0.4, 0.5) is 0 Å². The van der Waals surface area contributed by atoms with Crippen LogP contribution >= 0.6 is 0 Å². The second-order valence-electron chi connectivity index (χ2n) is 3.52. The zero-order valence-corrected chi connectivity index (χ0v) is 8.34. The second-order valence-corrected chi connectivity index (χ2v) is 3.52. The van der Waals surface area contributed by atoms with Gasteiger partial charge in [0.25, 0.3) is 0 Å². The first-order valence-electron chi connectivity index (χ1n) is 4.70. The van der Waals surface area contributed by atoms with Crippen molar-refractivity contribution in [2.24, 2.45) is 0 Å². The summed E-state index contributed by atoms with van der Waals surface area (Å²) in [6.07, 6.45) is 4.82. The van der Waals surface area contributed by atoms with Gasteiger partial charge in [-0.3, -0.25) is 0 Å². The van der Waals surface area contributed by atoms with Gasteiger partial charge in [0.15, 0.2) is 0 Å². The van der Waals surface area contributed by atoms with Gasteiger partial charge in [0.1, 0.15) is 6.10 Å². The Labute approximate surface area is 75.2 Å². The predicted octanol–water partition coefficient (Wildman–Crippen LogP) is 2.02. The van der Waals surface area contributed by atoms with Gasteiger partial charge in [-0.1, -0.05) is 0 Å². The molecule has 1 aliphatic rings. The Morgan fingerprint density at radius 3 is 2.50 bits per heavy atom. The summed E-state index contributed by atoms with van der Waals surface area (Å²) < 4.78 is 5.72. The minimum atomic E-state index is 0.456. The van der Waals surface area contributed by atoms with Gasteiger partial charge in [-0.25, -0.2) is 0 Å². The van der Waals surface area contributed by atoms with Crippen LogP contribution in [0.2, 0.25) is 0 Å². The Bertz CT molecular complexity index is 157. The van der Waals surface area contributed by atoms with Gasteiger partial charge >= 0.3 is 0 Å². The Kier molecular flexibility index (Phi) is 3.60. The van der Waals surface area contributed by atoms with Crippen LogP contribution in [0.5, 0.6) is 0 Å². The standard InChI is InChI=1S/C10H19NO/c1-4-9(2)12-10-5-7-11(3)8-6-10/h4,10H,5-8H2,1-3H3. The van der Waals surface area contributed by atoms with E-state index in [0.717, 1.165) is 5.76 Å². The Hall–Kier alpha value is -0.500. The van der Waals surface area contributed by atoms with E-state index in [2.05, 4.69) is 11.9 Å². The summed E-state index contributed by atoms with van der Waals surface area (Å²) in [5.41, 5.74) is 0. The molecule has 0 aromatic rings. The van der Waals surface area contributed by atoms with E-state index in [0.29, 0.717) is 6.10 Å². The third-order valence-electron chi connectivity index (χ3n) is 2.42. The van der Waals surface area contributed by atoms with Crippen LogP contribution in [0, 0.1) is 0 Å². The van der Waals surface area contributed by atoms with Crippen LogP contribution in [-0.4, -0.2) is 31.1 Å². The molecule has 1 heterocycles. The predicted molar refractivity (Wildman–Crippen MR) is 51.0 cm³/mol. The number of allylic oxidation sites excluding steroid dienone is 2. The number of piperidine rings is 1. The lowest BCUT2D eigenvalue weighted by Crippen LogP contribution is -2.33. The van der Waals surface area contributed by atoms with E-state index in [9.17, 15) is 0 Å². The molecule has 0 amide bonds. The van der Waals surface area contributed by atoms with Crippen LogP contribution in [0.25, 0.3) is 0 Å². The third-order valence-corrected chi connectivity index (χ3v) is 2.42. The molecule has 0 saturated carbocycles. The number of likely N-dealkylation sites (tertiary alicyclic amines) is 1. The third kappa shape index (κ3) is 2.86. The first-order valence-corrected chi connectivity index (χ1v) is 4.70. The van der Waals surface area contributed by atoms with Crippen molar-refractivity contribution >= 4 is 0 Å². The molecule has 12 heavy (non-hydrogen) atoms. The molecule has 0 aromatic heterocycles. The van der Waals surface area contributed by atoms with Crippen molar-refractivity contribution < 1.29 is 4.74 Å². The van der Waals surface area contributed by atoms with Gasteiger partial charge < -0.3 is 9.64 Å². The molecule has 1 fully saturated rings. The van der Waals surface area contributed by atoms with E-state index in [1.54, 1.807) is 0 Å². The van der Waals surface area contributed by atoms with Crippen LogP contribution < -0.4 is 0 Å². The average Bonchev–Trinajstić information content (AvgIpc) is 2.09. The maximum atomic E-state index is 5.72.